The van der Waals surface area contributed by atoms with Gasteiger partial charge in [-0.1, -0.05) is 11.6 Å². The van der Waals surface area contributed by atoms with E-state index in [9.17, 15) is 14.0 Å². The number of amides is 1. The van der Waals surface area contributed by atoms with Gasteiger partial charge in [0, 0.05) is 11.3 Å². The maximum Gasteiger partial charge on any atom is 0.337 e. The molecule has 0 aliphatic rings. The molecule has 0 bridgehead atoms. The van der Waals surface area contributed by atoms with E-state index in [-0.39, 0.29) is 21.8 Å². The van der Waals surface area contributed by atoms with Crippen LogP contribution in [-0.4, -0.2) is 17.0 Å². The van der Waals surface area contributed by atoms with Crippen molar-refractivity contribution >= 4 is 29.2 Å². The van der Waals surface area contributed by atoms with Crippen molar-refractivity contribution in [3.05, 3.63) is 63.9 Å². The summed E-state index contributed by atoms with van der Waals surface area (Å²) in [7, 11) is 0. The second-order valence-corrected chi connectivity index (χ2v) is 4.88. The molecule has 2 N–H and O–H groups in total. The van der Waals surface area contributed by atoms with Gasteiger partial charge < -0.3 is 10.4 Å². The van der Waals surface area contributed by atoms with Crippen LogP contribution in [0.4, 0.5) is 10.1 Å². The van der Waals surface area contributed by atoms with Gasteiger partial charge in [-0.2, -0.15) is 0 Å². The van der Waals surface area contributed by atoms with Crippen molar-refractivity contribution < 1.29 is 19.1 Å². The largest absolute Gasteiger partial charge is 0.478 e. The predicted octanol–water partition coefficient (Wildman–Crippen LogP) is 3.74. The van der Waals surface area contributed by atoms with Crippen molar-refractivity contribution in [3.8, 4) is 0 Å². The highest BCUT2D eigenvalue weighted by atomic mass is 35.5. The maximum atomic E-state index is 13.3. The minimum absolute atomic E-state index is 0.0714. The zero-order valence-corrected chi connectivity index (χ0v) is 11.7. The minimum atomic E-state index is -1.20. The Balaban J connectivity index is 2.27. The summed E-state index contributed by atoms with van der Waals surface area (Å²) in [5, 5.41) is 11.5. The number of aryl methyl sites for hydroxylation is 1. The van der Waals surface area contributed by atoms with Crippen molar-refractivity contribution in [1.82, 2.24) is 0 Å². The predicted molar refractivity (Wildman–Crippen MR) is 77.5 cm³/mol. The second kappa shape index (κ2) is 5.93. The Labute approximate surface area is 125 Å². The SMILES string of the molecule is Cc1cc(F)cc(C(=O)Nc2ccc(Cl)c(C(=O)O)c2)c1. The highest BCUT2D eigenvalue weighted by molar-refractivity contribution is 6.33. The van der Waals surface area contributed by atoms with Crippen molar-refractivity contribution in [2.75, 3.05) is 5.32 Å². The molecular formula is C15H11ClFNO3. The molecule has 0 spiro atoms. The van der Waals surface area contributed by atoms with E-state index >= 15 is 0 Å². The average Bonchev–Trinajstić information content (AvgIpc) is 2.39. The number of rotatable bonds is 3. The Morgan fingerprint density at radius 3 is 2.52 bits per heavy atom. The van der Waals surface area contributed by atoms with Crippen molar-refractivity contribution in [3.63, 3.8) is 0 Å². The summed E-state index contributed by atoms with van der Waals surface area (Å²) in [6.45, 7) is 1.67. The Hall–Kier alpha value is -2.40. The normalized spacial score (nSPS) is 10.2. The molecule has 21 heavy (non-hydrogen) atoms. The van der Waals surface area contributed by atoms with Gasteiger partial charge in [0.15, 0.2) is 0 Å². The first-order chi connectivity index (χ1) is 9.86. The number of halogens is 2. The number of carboxylic acids is 1. The number of nitrogens with one attached hydrogen (secondary N) is 1. The van der Waals surface area contributed by atoms with Gasteiger partial charge in [-0.3, -0.25) is 4.79 Å². The van der Waals surface area contributed by atoms with E-state index in [0.717, 1.165) is 6.07 Å². The van der Waals surface area contributed by atoms with Crippen LogP contribution in [0.25, 0.3) is 0 Å². The van der Waals surface area contributed by atoms with Crippen LogP contribution < -0.4 is 5.32 Å². The Morgan fingerprint density at radius 2 is 1.90 bits per heavy atom. The Kier molecular flexibility index (Phi) is 4.23. The third-order valence-corrected chi connectivity index (χ3v) is 3.09. The first-order valence-corrected chi connectivity index (χ1v) is 6.36. The van der Waals surface area contributed by atoms with E-state index in [1.165, 1.54) is 30.3 Å². The lowest BCUT2D eigenvalue weighted by Gasteiger charge is -2.08. The van der Waals surface area contributed by atoms with E-state index < -0.39 is 17.7 Å². The number of aromatic carboxylic acids is 1. The zero-order valence-electron chi connectivity index (χ0n) is 11.0. The molecule has 2 rings (SSSR count). The molecule has 2 aromatic carbocycles. The lowest BCUT2D eigenvalue weighted by molar-refractivity contribution is 0.0696. The summed E-state index contributed by atoms with van der Waals surface area (Å²) in [5.74, 6) is -2.24. The van der Waals surface area contributed by atoms with E-state index in [1.807, 2.05) is 0 Å². The molecule has 0 atom stereocenters. The van der Waals surface area contributed by atoms with Crippen LogP contribution in [0, 0.1) is 12.7 Å². The van der Waals surface area contributed by atoms with Crippen molar-refractivity contribution in [2.24, 2.45) is 0 Å². The van der Waals surface area contributed by atoms with Crippen LogP contribution in [0.2, 0.25) is 5.02 Å². The molecule has 0 saturated heterocycles. The fraction of sp³-hybridized carbons (Fsp3) is 0.0667. The van der Waals surface area contributed by atoms with Crippen LogP contribution in [-0.2, 0) is 0 Å². The number of carboxylic acid groups (broad SMARTS) is 1. The number of benzene rings is 2. The number of anilines is 1. The van der Waals surface area contributed by atoms with Crippen LogP contribution >= 0.6 is 11.6 Å². The molecule has 1 amide bonds. The van der Waals surface area contributed by atoms with Crippen molar-refractivity contribution in [1.29, 1.82) is 0 Å². The average molecular weight is 308 g/mol. The molecule has 0 unspecified atom stereocenters. The van der Waals surface area contributed by atoms with Gasteiger partial charge in [-0.25, -0.2) is 9.18 Å². The summed E-state index contributed by atoms with van der Waals surface area (Å²) < 4.78 is 13.3. The van der Waals surface area contributed by atoms with Crippen molar-refractivity contribution in [2.45, 2.75) is 6.92 Å². The monoisotopic (exact) mass is 307 g/mol. The molecule has 4 nitrogen and oxygen atoms in total. The summed E-state index contributed by atoms with van der Waals surface area (Å²) >= 11 is 5.74. The molecule has 0 saturated carbocycles. The number of carbonyl (C=O) groups excluding carboxylic acids is 1. The standard InChI is InChI=1S/C15H11ClFNO3/c1-8-4-9(6-10(17)5-8)14(19)18-11-2-3-13(16)12(7-11)15(20)21/h2-7H,1H3,(H,18,19)(H,20,21). The quantitative estimate of drug-likeness (QED) is 0.907. The van der Waals surface area contributed by atoms with Crippen LogP contribution in [0.3, 0.4) is 0 Å². The lowest BCUT2D eigenvalue weighted by atomic mass is 10.1. The topological polar surface area (TPSA) is 66.4 Å². The molecule has 0 aliphatic carbocycles. The highest BCUT2D eigenvalue weighted by Gasteiger charge is 2.12. The van der Waals surface area contributed by atoms with Gasteiger partial charge in [0.2, 0.25) is 0 Å². The zero-order chi connectivity index (χ0) is 15.6. The highest BCUT2D eigenvalue weighted by Crippen LogP contribution is 2.21. The summed E-state index contributed by atoms with van der Waals surface area (Å²) in [5.41, 5.74) is 0.912. The maximum absolute atomic E-state index is 13.3. The van der Waals surface area contributed by atoms with Crippen LogP contribution in [0.15, 0.2) is 36.4 Å². The summed E-state index contributed by atoms with van der Waals surface area (Å²) in [6.07, 6.45) is 0. The minimum Gasteiger partial charge on any atom is -0.478 e. The Morgan fingerprint density at radius 1 is 1.19 bits per heavy atom. The number of carbonyl (C=O) groups is 2. The molecule has 108 valence electrons. The van der Waals surface area contributed by atoms with E-state index in [2.05, 4.69) is 5.32 Å². The van der Waals surface area contributed by atoms with E-state index in [1.54, 1.807) is 6.92 Å². The van der Waals surface area contributed by atoms with E-state index in [4.69, 9.17) is 16.7 Å². The van der Waals surface area contributed by atoms with Gasteiger partial charge >= 0.3 is 5.97 Å². The van der Waals surface area contributed by atoms with Gasteiger partial charge in [0.25, 0.3) is 5.91 Å². The third kappa shape index (κ3) is 3.58. The molecule has 6 heteroatoms. The van der Waals surface area contributed by atoms with E-state index in [0.29, 0.717) is 5.56 Å². The smallest absolute Gasteiger partial charge is 0.337 e. The second-order valence-electron chi connectivity index (χ2n) is 4.47. The molecule has 2 aromatic rings. The summed E-state index contributed by atoms with van der Waals surface area (Å²) in [6, 6.07) is 8.04. The number of hydrogen-bond donors (Lipinski definition) is 2. The third-order valence-electron chi connectivity index (χ3n) is 2.76. The van der Waals surface area contributed by atoms with Crippen LogP contribution in [0.5, 0.6) is 0 Å². The fourth-order valence-electron chi connectivity index (χ4n) is 1.84. The molecule has 0 fully saturated rings. The van der Waals surface area contributed by atoms with Gasteiger partial charge in [-0.05, 0) is 48.9 Å². The molecule has 0 aliphatic heterocycles. The van der Waals surface area contributed by atoms with Gasteiger partial charge in [0.1, 0.15) is 5.82 Å². The lowest BCUT2D eigenvalue weighted by Crippen LogP contribution is -2.13. The first-order valence-electron chi connectivity index (χ1n) is 5.98. The fourth-order valence-corrected chi connectivity index (χ4v) is 2.04. The molecule has 0 aromatic heterocycles. The van der Waals surface area contributed by atoms with Gasteiger partial charge in [0.05, 0.1) is 10.6 Å². The summed E-state index contributed by atoms with van der Waals surface area (Å²) in [4.78, 5) is 23.0. The van der Waals surface area contributed by atoms with Crippen LogP contribution in [0.1, 0.15) is 26.3 Å². The van der Waals surface area contributed by atoms with Gasteiger partial charge in [-0.15, -0.1) is 0 Å². The Bertz CT molecular complexity index is 711. The molecule has 0 heterocycles. The number of hydrogen-bond acceptors (Lipinski definition) is 2. The first kappa shape index (κ1) is 15.0. The molecular weight excluding hydrogens is 297 g/mol. The molecule has 0 radical (unpaired) electrons.